The number of anilines is 1. The molecular weight excluding hydrogens is 629 g/mol. The molecule has 3 aromatic rings. The van der Waals surface area contributed by atoms with Gasteiger partial charge in [0.25, 0.3) is 10.0 Å². The second kappa shape index (κ2) is 14.3. The number of benzene rings is 3. The summed E-state index contributed by atoms with van der Waals surface area (Å²) in [5, 5.41) is 4.16. The second-order valence-corrected chi connectivity index (χ2v) is 14.1. The number of amides is 2. The molecular formula is C32H36Cl3N3O4S. The lowest BCUT2D eigenvalue weighted by molar-refractivity contribution is -0.139. The molecule has 0 bridgehead atoms. The Kier molecular flexibility index (Phi) is 11.0. The second-order valence-electron chi connectivity index (χ2n) is 11.0. The maximum Gasteiger partial charge on any atom is 0.264 e. The molecule has 11 heteroatoms. The van der Waals surface area contributed by atoms with Gasteiger partial charge in [-0.2, -0.15) is 0 Å². The Hall–Kier alpha value is -2.78. The predicted octanol–water partition coefficient (Wildman–Crippen LogP) is 7.33. The van der Waals surface area contributed by atoms with Gasteiger partial charge in [0.05, 0.1) is 20.6 Å². The molecule has 0 spiro atoms. The molecule has 230 valence electrons. The summed E-state index contributed by atoms with van der Waals surface area (Å²) in [6.07, 6.45) is 5.00. The van der Waals surface area contributed by atoms with Crippen molar-refractivity contribution in [1.82, 2.24) is 10.2 Å². The highest BCUT2D eigenvalue weighted by Crippen LogP contribution is 2.28. The Morgan fingerprint density at radius 3 is 2.19 bits per heavy atom. The molecule has 43 heavy (non-hydrogen) atoms. The molecule has 1 atom stereocenters. The third-order valence-electron chi connectivity index (χ3n) is 7.91. The van der Waals surface area contributed by atoms with Crippen LogP contribution in [0.5, 0.6) is 0 Å². The fourth-order valence-electron chi connectivity index (χ4n) is 5.13. The van der Waals surface area contributed by atoms with Crippen LogP contribution < -0.4 is 9.62 Å². The van der Waals surface area contributed by atoms with E-state index >= 15 is 0 Å². The minimum Gasteiger partial charge on any atom is -0.352 e. The average Bonchev–Trinajstić information content (AvgIpc) is 2.98. The lowest BCUT2D eigenvalue weighted by atomic mass is 9.95. The predicted molar refractivity (Wildman–Crippen MR) is 173 cm³/mol. The lowest BCUT2D eigenvalue weighted by Gasteiger charge is -2.33. The van der Waals surface area contributed by atoms with E-state index in [1.807, 2.05) is 19.9 Å². The molecule has 1 fully saturated rings. The number of carbonyl (C=O) groups excluding carboxylic acids is 2. The van der Waals surface area contributed by atoms with Gasteiger partial charge in [-0.15, -0.1) is 0 Å². The molecule has 4 rings (SSSR count). The average molecular weight is 665 g/mol. The third-order valence-corrected chi connectivity index (χ3v) is 10.7. The van der Waals surface area contributed by atoms with Crippen LogP contribution in [0.3, 0.4) is 0 Å². The van der Waals surface area contributed by atoms with Crippen molar-refractivity contribution in [1.29, 1.82) is 0 Å². The van der Waals surface area contributed by atoms with Crippen LogP contribution in [0.2, 0.25) is 15.1 Å². The van der Waals surface area contributed by atoms with Crippen LogP contribution >= 0.6 is 34.8 Å². The molecule has 1 aliphatic rings. The van der Waals surface area contributed by atoms with Crippen molar-refractivity contribution in [2.45, 2.75) is 76.4 Å². The lowest BCUT2D eigenvalue weighted by Crippen LogP contribution is -2.53. The molecule has 1 saturated carbocycles. The molecule has 7 nitrogen and oxygen atoms in total. The Morgan fingerprint density at radius 1 is 0.884 bits per heavy atom. The van der Waals surface area contributed by atoms with Crippen molar-refractivity contribution in [3.05, 3.63) is 92.4 Å². The smallest absolute Gasteiger partial charge is 0.264 e. The van der Waals surface area contributed by atoms with Gasteiger partial charge in [-0.25, -0.2) is 8.42 Å². The normalized spacial score (nSPS) is 14.7. The highest BCUT2D eigenvalue weighted by Gasteiger charge is 2.33. The van der Waals surface area contributed by atoms with Gasteiger partial charge in [0.15, 0.2) is 0 Å². The van der Waals surface area contributed by atoms with Gasteiger partial charge in [-0.05, 0) is 98.8 Å². The quantitative estimate of drug-likeness (QED) is 0.246. The van der Waals surface area contributed by atoms with E-state index in [9.17, 15) is 18.0 Å². The van der Waals surface area contributed by atoms with E-state index in [2.05, 4.69) is 5.32 Å². The summed E-state index contributed by atoms with van der Waals surface area (Å²) in [6.45, 7) is 4.95. The molecule has 0 aliphatic heterocycles. The minimum absolute atomic E-state index is 0.0120. The number of carbonyl (C=O) groups is 2. The summed E-state index contributed by atoms with van der Waals surface area (Å²) >= 11 is 18.4. The van der Waals surface area contributed by atoms with Crippen LogP contribution in [0, 0.1) is 13.8 Å². The zero-order chi connectivity index (χ0) is 31.3. The highest BCUT2D eigenvalue weighted by molar-refractivity contribution is 7.92. The van der Waals surface area contributed by atoms with Crippen LogP contribution in [0.25, 0.3) is 0 Å². The van der Waals surface area contributed by atoms with Crippen molar-refractivity contribution in [3.63, 3.8) is 0 Å². The maximum atomic E-state index is 14.2. The number of aryl methyl sites for hydroxylation is 2. The van der Waals surface area contributed by atoms with Gasteiger partial charge < -0.3 is 10.2 Å². The number of hydrogen-bond donors (Lipinski definition) is 1. The van der Waals surface area contributed by atoms with E-state index in [4.69, 9.17) is 34.8 Å². The third kappa shape index (κ3) is 8.24. The summed E-state index contributed by atoms with van der Waals surface area (Å²) in [5.74, 6) is -0.841. The number of halogens is 3. The zero-order valence-corrected chi connectivity index (χ0v) is 27.5. The first-order valence-corrected chi connectivity index (χ1v) is 16.8. The van der Waals surface area contributed by atoms with Crippen LogP contribution in [0.15, 0.2) is 65.6 Å². The van der Waals surface area contributed by atoms with Gasteiger partial charge in [-0.1, -0.05) is 66.2 Å². The van der Waals surface area contributed by atoms with Crippen molar-refractivity contribution in [3.8, 4) is 0 Å². The van der Waals surface area contributed by atoms with Gasteiger partial charge in [0.1, 0.15) is 12.6 Å². The molecule has 1 aliphatic carbocycles. The summed E-state index contributed by atoms with van der Waals surface area (Å²) in [4.78, 5) is 29.0. The van der Waals surface area contributed by atoms with E-state index in [-0.39, 0.29) is 23.4 Å². The first-order valence-electron chi connectivity index (χ1n) is 14.3. The van der Waals surface area contributed by atoms with Crippen LogP contribution in [0.4, 0.5) is 5.69 Å². The van der Waals surface area contributed by atoms with Gasteiger partial charge in [0.2, 0.25) is 11.8 Å². The maximum absolute atomic E-state index is 14.2. The summed E-state index contributed by atoms with van der Waals surface area (Å²) < 4.78 is 29.1. The Balaban J connectivity index is 1.71. The molecule has 1 N–H and O–H groups in total. The van der Waals surface area contributed by atoms with Crippen LogP contribution in [-0.2, 0) is 26.2 Å². The summed E-state index contributed by atoms with van der Waals surface area (Å²) in [7, 11) is -4.19. The number of nitrogens with zero attached hydrogens (tertiary/aromatic N) is 2. The molecule has 0 unspecified atom stereocenters. The largest absolute Gasteiger partial charge is 0.352 e. The molecule has 0 heterocycles. The van der Waals surface area contributed by atoms with Gasteiger partial charge in [0, 0.05) is 17.6 Å². The van der Waals surface area contributed by atoms with E-state index in [1.54, 1.807) is 37.3 Å². The molecule has 0 saturated heterocycles. The fraction of sp³-hybridized carbons (Fsp3) is 0.375. The van der Waals surface area contributed by atoms with E-state index < -0.39 is 28.5 Å². The molecule has 0 radical (unpaired) electrons. The monoisotopic (exact) mass is 663 g/mol. The molecule has 2 amide bonds. The van der Waals surface area contributed by atoms with Crippen LogP contribution in [0.1, 0.15) is 55.7 Å². The molecule has 3 aromatic carbocycles. The molecule has 0 aromatic heterocycles. The number of rotatable bonds is 10. The van der Waals surface area contributed by atoms with Crippen LogP contribution in [-0.4, -0.2) is 43.8 Å². The number of hydrogen-bond acceptors (Lipinski definition) is 4. The number of nitrogens with one attached hydrogen (secondary N) is 1. The van der Waals surface area contributed by atoms with Crippen molar-refractivity contribution < 1.29 is 18.0 Å². The van der Waals surface area contributed by atoms with E-state index in [0.29, 0.717) is 26.3 Å². The Morgan fingerprint density at radius 2 is 1.56 bits per heavy atom. The topological polar surface area (TPSA) is 86.8 Å². The number of sulfonamides is 1. The fourth-order valence-corrected chi connectivity index (χ4v) is 6.98. The van der Waals surface area contributed by atoms with E-state index in [1.165, 1.54) is 29.2 Å². The summed E-state index contributed by atoms with van der Waals surface area (Å²) in [5.41, 5.74) is 2.83. The first-order chi connectivity index (χ1) is 20.4. The van der Waals surface area contributed by atoms with Crippen molar-refractivity contribution in [2.24, 2.45) is 0 Å². The zero-order valence-electron chi connectivity index (χ0n) is 24.4. The first kappa shape index (κ1) is 33.1. The SMILES string of the molecule is Cc1ccc(N(CC(=O)N(Cc2ccc(Cl)c(Cl)c2)[C@@H](C)C(=O)NC2CCCCC2)S(=O)(=O)c2ccc(Cl)cc2)cc1C. The van der Waals surface area contributed by atoms with Gasteiger partial charge in [-0.3, -0.25) is 13.9 Å². The Bertz CT molecular complexity index is 1580. The van der Waals surface area contributed by atoms with Crippen molar-refractivity contribution in [2.75, 3.05) is 10.8 Å². The highest BCUT2D eigenvalue weighted by atomic mass is 35.5. The minimum atomic E-state index is -4.19. The standard InChI is InChI=1S/C32H36Cl3N3O4S/c1-21-9-13-27(17-22(21)2)38(43(41,42)28-14-11-25(33)12-15-28)20-31(39)37(19-24-10-16-29(34)30(35)18-24)23(3)32(40)36-26-7-5-4-6-8-26/h9-18,23,26H,4-8,19-20H2,1-3H3,(H,36,40)/t23-/m0/s1. The van der Waals surface area contributed by atoms with Gasteiger partial charge >= 0.3 is 0 Å². The van der Waals surface area contributed by atoms with E-state index in [0.717, 1.165) is 47.5 Å². The summed E-state index contributed by atoms with van der Waals surface area (Å²) in [6, 6.07) is 15.2. The van der Waals surface area contributed by atoms with Crippen molar-refractivity contribution >= 4 is 62.3 Å². The Labute approximate surface area is 269 Å².